The van der Waals surface area contributed by atoms with Crippen molar-refractivity contribution in [1.29, 1.82) is 0 Å². The van der Waals surface area contributed by atoms with E-state index in [9.17, 15) is 4.79 Å². The van der Waals surface area contributed by atoms with Crippen LogP contribution in [0.4, 0.5) is 0 Å². The van der Waals surface area contributed by atoms with Crippen LogP contribution in [0.3, 0.4) is 0 Å². The molecule has 0 unspecified atom stereocenters. The Hall–Kier alpha value is -1.87. The highest BCUT2D eigenvalue weighted by Gasteiger charge is 2.28. The van der Waals surface area contributed by atoms with Gasteiger partial charge in [0.05, 0.1) is 5.69 Å². The summed E-state index contributed by atoms with van der Waals surface area (Å²) in [5.74, 6) is 0. The van der Waals surface area contributed by atoms with E-state index in [1.807, 2.05) is 0 Å². The molecule has 4 rings (SSSR count). The lowest BCUT2D eigenvalue weighted by molar-refractivity contribution is 0.483. The largest absolute Gasteiger partial charge is 0.321 e. The van der Waals surface area contributed by atoms with E-state index in [4.69, 9.17) is 0 Å². The van der Waals surface area contributed by atoms with Gasteiger partial charge in [0.25, 0.3) is 5.56 Å². The highest BCUT2D eigenvalue weighted by molar-refractivity contribution is 5.76. The summed E-state index contributed by atoms with van der Waals surface area (Å²) in [6.07, 6.45) is 7.66. The van der Waals surface area contributed by atoms with Crippen LogP contribution in [0.15, 0.2) is 23.0 Å². The van der Waals surface area contributed by atoms with Gasteiger partial charge in [-0.1, -0.05) is 32.0 Å². The van der Waals surface area contributed by atoms with Gasteiger partial charge in [-0.2, -0.15) is 0 Å². The number of H-pyrrole nitrogens is 1. The van der Waals surface area contributed by atoms with Crippen LogP contribution < -0.4 is 10.9 Å². The molecule has 0 amide bonds. The van der Waals surface area contributed by atoms with Crippen molar-refractivity contribution in [2.75, 3.05) is 0 Å². The Morgan fingerprint density at radius 3 is 2.56 bits per heavy atom. The molecule has 0 fully saturated rings. The predicted molar refractivity (Wildman–Crippen MR) is 103 cm³/mol. The standard InChI is InChI=1S/C22H28N2O/c1-3-15(4-2)23-13-14-8-7-11-17-19(14)12-20-16-9-5-6-10-18(16)22(25)24-21(17)20/h7-8,11,15,23H,3-6,9-10,12-13H2,1-2H3,(H,24,25). The molecule has 1 aromatic heterocycles. The first-order valence-electron chi connectivity index (χ1n) is 9.84. The van der Waals surface area contributed by atoms with Crippen molar-refractivity contribution in [1.82, 2.24) is 10.3 Å². The molecule has 2 N–H and O–H groups in total. The highest BCUT2D eigenvalue weighted by atomic mass is 16.1. The van der Waals surface area contributed by atoms with E-state index in [0.717, 1.165) is 56.3 Å². The fraction of sp³-hybridized carbons (Fsp3) is 0.500. The summed E-state index contributed by atoms with van der Waals surface area (Å²) in [5.41, 5.74) is 9.04. The Morgan fingerprint density at radius 1 is 1.04 bits per heavy atom. The smallest absolute Gasteiger partial charge is 0.251 e. The van der Waals surface area contributed by atoms with Crippen molar-refractivity contribution >= 4 is 0 Å². The van der Waals surface area contributed by atoms with Crippen LogP contribution >= 0.6 is 0 Å². The molecule has 1 heterocycles. The molecule has 0 bridgehead atoms. The number of fused-ring (bicyclic) bond motifs is 5. The molecule has 2 aliphatic carbocycles. The minimum absolute atomic E-state index is 0.141. The number of hydrogen-bond acceptors (Lipinski definition) is 2. The van der Waals surface area contributed by atoms with Gasteiger partial charge in [-0.25, -0.2) is 0 Å². The number of nitrogens with one attached hydrogen (secondary N) is 2. The zero-order valence-electron chi connectivity index (χ0n) is 15.4. The number of pyridine rings is 1. The van der Waals surface area contributed by atoms with Gasteiger partial charge in [0, 0.05) is 30.1 Å². The fourth-order valence-electron chi connectivity index (χ4n) is 4.58. The lowest BCUT2D eigenvalue weighted by Crippen LogP contribution is -2.27. The van der Waals surface area contributed by atoms with Crippen LogP contribution in [-0.4, -0.2) is 11.0 Å². The number of aromatic nitrogens is 1. The molecule has 25 heavy (non-hydrogen) atoms. The highest BCUT2D eigenvalue weighted by Crippen LogP contribution is 2.40. The van der Waals surface area contributed by atoms with Gasteiger partial charge in [-0.05, 0) is 60.8 Å². The lowest BCUT2D eigenvalue weighted by Gasteiger charge is -2.18. The van der Waals surface area contributed by atoms with Gasteiger partial charge in [0.2, 0.25) is 0 Å². The van der Waals surface area contributed by atoms with E-state index >= 15 is 0 Å². The van der Waals surface area contributed by atoms with Crippen molar-refractivity contribution < 1.29 is 0 Å². The predicted octanol–water partition coefficient (Wildman–Crippen LogP) is 4.10. The van der Waals surface area contributed by atoms with E-state index in [0.29, 0.717) is 6.04 Å². The maximum Gasteiger partial charge on any atom is 0.251 e. The first-order valence-corrected chi connectivity index (χ1v) is 9.84. The molecule has 0 spiro atoms. The molecule has 0 atom stereocenters. The van der Waals surface area contributed by atoms with Crippen LogP contribution in [0.2, 0.25) is 0 Å². The summed E-state index contributed by atoms with van der Waals surface area (Å²) in [6, 6.07) is 7.12. The number of benzene rings is 1. The molecule has 0 saturated carbocycles. The van der Waals surface area contributed by atoms with Crippen LogP contribution in [0.5, 0.6) is 0 Å². The van der Waals surface area contributed by atoms with Crippen molar-refractivity contribution in [3.63, 3.8) is 0 Å². The maximum absolute atomic E-state index is 12.5. The molecule has 3 heteroatoms. The van der Waals surface area contributed by atoms with Crippen molar-refractivity contribution in [2.24, 2.45) is 0 Å². The molecule has 1 aromatic carbocycles. The fourth-order valence-corrected chi connectivity index (χ4v) is 4.58. The number of aromatic amines is 1. The zero-order chi connectivity index (χ0) is 17.4. The topological polar surface area (TPSA) is 44.9 Å². The van der Waals surface area contributed by atoms with Crippen LogP contribution in [0.1, 0.15) is 67.3 Å². The van der Waals surface area contributed by atoms with Crippen molar-refractivity contribution in [3.05, 3.63) is 56.4 Å². The summed E-state index contributed by atoms with van der Waals surface area (Å²) in [5, 5.41) is 3.69. The Morgan fingerprint density at radius 2 is 1.80 bits per heavy atom. The van der Waals surface area contributed by atoms with E-state index in [1.54, 1.807) is 0 Å². The van der Waals surface area contributed by atoms with E-state index in [1.165, 1.54) is 34.2 Å². The Bertz CT molecular complexity index is 846. The average Bonchev–Trinajstić information content (AvgIpc) is 3.02. The second kappa shape index (κ2) is 6.80. The third-order valence-corrected chi connectivity index (χ3v) is 6.11. The Kier molecular flexibility index (Phi) is 4.51. The molecule has 3 nitrogen and oxygen atoms in total. The van der Waals surface area contributed by atoms with E-state index in [-0.39, 0.29) is 5.56 Å². The van der Waals surface area contributed by atoms with Gasteiger partial charge >= 0.3 is 0 Å². The average molecular weight is 336 g/mol. The number of hydrogen-bond donors (Lipinski definition) is 2. The summed E-state index contributed by atoms with van der Waals surface area (Å²) < 4.78 is 0. The van der Waals surface area contributed by atoms with Crippen molar-refractivity contribution in [3.8, 4) is 11.3 Å². The van der Waals surface area contributed by atoms with Crippen molar-refractivity contribution in [2.45, 2.75) is 71.4 Å². The first-order chi connectivity index (χ1) is 12.2. The third-order valence-electron chi connectivity index (χ3n) is 6.11. The SMILES string of the molecule is CCC(CC)NCc1cccc2c1Cc1c-2[nH]c(=O)c2c1CCCC2. The summed E-state index contributed by atoms with van der Waals surface area (Å²) in [4.78, 5) is 15.8. The van der Waals surface area contributed by atoms with Gasteiger partial charge in [-0.3, -0.25) is 4.79 Å². The molecular weight excluding hydrogens is 308 g/mol. The van der Waals surface area contributed by atoms with E-state index < -0.39 is 0 Å². The maximum atomic E-state index is 12.5. The second-order valence-electron chi connectivity index (χ2n) is 7.49. The van der Waals surface area contributed by atoms with Crippen LogP contribution in [-0.2, 0) is 25.8 Å². The molecule has 0 saturated heterocycles. The zero-order valence-corrected chi connectivity index (χ0v) is 15.4. The monoisotopic (exact) mass is 336 g/mol. The molecule has 0 aliphatic heterocycles. The number of rotatable bonds is 5. The molecule has 2 aromatic rings. The minimum atomic E-state index is 0.141. The van der Waals surface area contributed by atoms with Gasteiger partial charge in [0.1, 0.15) is 0 Å². The molecule has 0 radical (unpaired) electrons. The summed E-state index contributed by atoms with van der Waals surface area (Å²) in [7, 11) is 0. The van der Waals surface area contributed by atoms with Gasteiger partial charge < -0.3 is 10.3 Å². The normalized spacial score (nSPS) is 15.2. The molecule has 2 aliphatic rings. The van der Waals surface area contributed by atoms with Gasteiger partial charge in [0.15, 0.2) is 0 Å². The van der Waals surface area contributed by atoms with Gasteiger partial charge in [-0.15, -0.1) is 0 Å². The molecule has 132 valence electrons. The van der Waals surface area contributed by atoms with Crippen LogP contribution in [0.25, 0.3) is 11.3 Å². The van der Waals surface area contributed by atoms with Crippen LogP contribution in [0, 0.1) is 0 Å². The third kappa shape index (κ3) is 2.85. The Labute approximate surface area is 149 Å². The second-order valence-corrected chi connectivity index (χ2v) is 7.49. The lowest BCUT2D eigenvalue weighted by atomic mass is 9.88. The first kappa shape index (κ1) is 16.6. The van der Waals surface area contributed by atoms with E-state index in [2.05, 4.69) is 42.3 Å². The Balaban J connectivity index is 1.72. The molecular formula is C22H28N2O. The summed E-state index contributed by atoms with van der Waals surface area (Å²) >= 11 is 0. The summed E-state index contributed by atoms with van der Waals surface area (Å²) in [6.45, 7) is 5.39. The minimum Gasteiger partial charge on any atom is -0.321 e. The quantitative estimate of drug-likeness (QED) is 0.737.